The van der Waals surface area contributed by atoms with Crippen LogP contribution in [-0.4, -0.2) is 0 Å². The van der Waals surface area contributed by atoms with Crippen molar-refractivity contribution in [2.24, 2.45) is 5.41 Å². The van der Waals surface area contributed by atoms with E-state index < -0.39 is 0 Å². The van der Waals surface area contributed by atoms with Crippen molar-refractivity contribution in [2.45, 2.75) is 52.4 Å². The smallest absolute Gasteiger partial charge is 0.0290 e. The summed E-state index contributed by atoms with van der Waals surface area (Å²) in [6, 6.07) is 8.66. The molecule has 0 spiro atoms. The monoisotopic (exact) mass is 226 g/mol. The molecule has 1 aliphatic carbocycles. The van der Waals surface area contributed by atoms with Crippen molar-refractivity contribution in [3.05, 3.63) is 35.4 Å². The minimum absolute atomic E-state index is 0.272. The molecule has 0 nitrogen and oxygen atoms in total. The highest BCUT2D eigenvalue weighted by molar-refractivity contribution is 5.39. The van der Waals surface area contributed by atoms with Gasteiger partial charge in [-0.15, -0.1) is 0 Å². The molecule has 0 heteroatoms. The highest BCUT2D eigenvalue weighted by Crippen LogP contribution is 2.36. The fraction of sp³-hybridized carbons (Fsp3) is 0.529. The van der Waals surface area contributed by atoms with Crippen LogP contribution in [0.4, 0.5) is 0 Å². The van der Waals surface area contributed by atoms with Gasteiger partial charge in [-0.05, 0) is 43.4 Å². The first-order chi connectivity index (χ1) is 8.09. The molecular weight excluding hydrogens is 204 g/mol. The van der Waals surface area contributed by atoms with E-state index in [1.807, 2.05) is 0 Å². The van der Waals surface area contributed by atoms with Crippen LogP contribution < -0.4 is 0 Å². The standard InChI is InChI=1S/C17H22/c1-14(2)16-8-6-7-15(13-16)9-12-17(3)10-4-5-11-17/h6-8,13-14H,4-5,10-11H2,1-3H3. The third-order valence-electron chi connectivity index (χ3n) is 3.77. The Bertz CT molecular complexity index is 437. The van der Waals surface area contributed by atoms with Crippen LogP contribution in [0.1, 0.15) is 63.5 Å². The molecule has 0 saturated heterocycles. The summed E-state index contributed by atoms with van der Waals surface area (Å²) < 4.78 is 0. The van der Waals surface area contributed by atoms with Gasteiger partial charge in [-0.3, -0.25) is 0 Å². The fourth-order valence-corrected chi connectivity index (χ4v) is 2.48. The lowest BCUT2D eigenvalue weighted by Gasteiger charge is -2.14. The molecule has 0 amide bonds. The van der Waals surface area contributed by atoms with Crippen molar-refractivity contribution >= 4 is 0 Å². The summed E-state index contributed by atoms with van der Waals surface area (Å²) in [6.45, 7) is 6.76. The van der Waals surface area contributed by atoms with Gasteiger partial charge < -0.3 is 0 Å². The number of hydrogen-bond acceptors (Lipinski definition) is 0. The molecule has 1 aromatic rings. The first-order valence-corrected chi connectivity index (χ1v) is 6.72. The predicted molar refractivity (Wildman–Crippen MR) is 74.0 cm³/mol. The molecule has 0 heterocycles. The highest BCUT2D eigenvalue weighted by atomic mass is 14.3. The van der Waals surface area contributed by atoms with Crippen molar-refractivity contribution in [3.63, 3.8) is 0 Å². The van der Waals surface area contributed by atoms with Crippen LogP contribution >= 0.6 is 0 Å². The van der Waals surface area contributed by atoms with E-state index in [9.17, 15) is 0 Å². The van der Waals surface area contributed by atoms with Crippen molar-refractivity contribution in [2.75, 3.05) is 0 Å². The third-order valence-corrected chi connectivity index (χ3v) is 3.77. The molecule has 0 bridgehead atoms. The molecule has 0 aliphatic heterocycles. The summed E-state index contributed by atoms with van der Waals surface area (Å²) in [7, 11) is 0. The third kappa shape index (κ3) is 3.13. The summed E-state index contributed by atoms with van der Waals surface area (Å²) in [6.07, 6.45) is 5.22. The van der Waals surface area contributed by atoms with Crippen molar-refractivity contribution in [1.82, 2.24) is 0 Å². The van der Waals surface area contributed by atoms with E-state index in [1.165, 1.54) is 36.8 Å². The zero-order valence-electron chi connectivity index (χ0n) is 11.2. The molecule has 0 atom stereocenters. The van der Waals surface area contributed by atoms with Crippen LogP contribution in [0.5, 0.6) is 0 Å². The maximum atomic E-state index is 3.49. The van der Waals surface area contributed by atoms with Gasteiger partial charge in [0.2, 0.25) is 0 Å². The molecule has 1 fully saturated rings. The average Bonchev–Trinajstić information content (AvgIpc) is 2.75. The lowest BCUT2D eigenvalue weighted by atomic mass is 9.89. The summed E-state index contributed by atoms with van der Waals surface area (Å²) in [5, 5.41) is 0. The minimum Gasteiger partial charge on any atom is -0.0914 e. The van der Waals surface area contributed by atoms with Crippen LogP contribution in [0.2, 0.25) is 0 Å². The van der Waals surface area contributed by atoms with Gasteiger partial charge in [0.05, 0.1) is 0 Å². The second-order valence-electron chi connectivity index (χ2n) is 5.80. The molecule has 90 valence electrons. The largest absolute Gasteiger partial charge is 0.0914 e. The number of rotatable bonds is 1. The summed E-state index contributed by atoms with van der Waals surface area (Å²) in [5.41, 5.74) is 2.83. The van der Waals surface area contributed by atoms with Crippen LogP contribution in [-0.2, 0) is 0 Å². The van der Waals surface area contributed by atoms with E-state index in [-0.39, 0.29) is 5.41 Å². The predicted octanol–water partition coefficient (Wildman–Crippen LogP) is 4.74. The zero-order valence-corrected chi connectivity index (χ0v) is 11.2. The van der Waals surface area contributed by atoms with Crippen molar-refractivity contribution in [3.8, 4) is 11.8 Å². The molecule has 0 radical (unpaired) electrons. The van der Waals surface area contributed by atoms with Gasteiger partial charge in [-0.25, -0.2) is 0 Å². The Kier molecular flexibility index (Phi) is 3.57. The maximum absolute atomic E-state index is 3.49. The number of benzene rings is 1. The Balaban J connectivity index is 2.18. The molecule has 2 rings (SSSR count). The Hall–Kier alpha value is -1.22. The summed E-state index contributed by atoms with van der Waals surface area (Å²) in [5.74, 6) is 7.45. The van der Waals surface area contributed by atoms with E-state index >= 15 is 0 Å². The van der Waals surface area contributed by atoms with Gasteiger partial charge in [0.25, 0.3) is 0 Å². The quantitative estimate of drug-likeness (QED) is 0.607. The van der Waals surface area contributed by atoms with Crippen LogP contribution in [0, 0.1) is 17.3 Å². The van der Waals surface area contributed by atoms with Crippen LogP contribution in [0.15, 0.2) is 24.3 Å². The van der Waals surface area contributed by atoms with E-state index in [4.69, 9.17) is 0 Å². The van der Waals surface area contributed by atoms with Gasteiger partial charge in [0.15, 0.2) is 0 Å². The van der Waals surface area contributed by atoms with Gasteiger partial charge in [0.1, 0.15) is 0 Å². The molecule has 0 N–H and O–H groups in total. The molecule has 1 saturated carbocycles. The molecule has 0 aromatic heterocycles. The average molecular weight is 226 g/mol. The van der Waals surface area contributed by atoms with Gasteiger partial charge in [-0.2, -0.15) is 0 Å². The Labute approximate surface area is 105 Å². The van der Waals surface area contributed by atoms with Crippen LogP contribution in [0.25, 0.3) is 0 Å². The molecule has 1 aromatic carbocycles. The lowest BCUT2D eigenvalue weighted by Crippen LogP contribution is -2.06. The van der Waals surface area contributed by atoms with E-state index in [2.05, 4.69) is 56.9 Å². The molecular formula is C17H22. The topological polar surface area (TPSA) is 0 Å². The molecule has 17 heavy (non-hydrogen) atoms. The fourth-order valence-electron chi connectivity index (χ4n) is 2.48. The SMILES string of the molecule is CC(C)c1cccc(C#CC2(C)CCCC2)c1. The van der Waals surface area contributed by atoms with Crippen molar-refractivity contribution < 1.29 is 0 Å². The Morgan fingerprint density at radius 3 is 2.53 bits per heavy atom. The second-order valence-corrected chi connectivity index (χ2v) is 5.80. The van der Waals surface area contributed by atoms with Crippen LogP contribution in [0.3, 0.4) is 0 Å². The highest BCUT2D eigenvalue weighted by Gasteiger charge is 2.25. The van der Waals surface area contributed by atoms with Crippen molar-refractivity contribution in [1.29, 1.82) is 0 Å². The van der Waals surface area contributed by atoms with Gasteiger partial charge in [-0.1, -0.05) is 50.7 Å². The molecule has 1 aliphatic rings. The number of hydrogen-bond donors (Lipinski definition) is 0. The Morgan fingerprint density at radius 2 is 1.88 bits per heavy atom. The van der Waals surface area contributed by atoms with E-state index in [0.29, 0.717) is 5.92 Å². The van der Waals surface area contributed by atoms with Gasteiger partial charge in [0, 0.05) is 11.0 Å². The maximum Gasteiger partial charge on any atom is 0.0290 e. The van der Waals surface area contributed by atoms with E-state index in [1.54, 1.807) is 0 Å². The second kappa shape index (κ2) is 4.96. The lowest BCUT2D eigenvalue weighted by molar-refractivity contribution is 0.469. The zero-order chi connectivity index (χ0) is 12.3. The summed E-state index contributed by atoms with van der Waals surface area (Å²) in [4.78, 5) is 0. The molecule has 0 unspecified atom stereocenters. The first-order valence-electron chi connectivity index (χ1n) is 6.72. The van der Waals surface area contributed by atoms with E-state index in [0.717, 1.165) is 0 Å². The Morgan fingerprint density at radius 1 is 1.18 bits per heavy atom. The van der Waals surface area contributed by atoms with Gasteiger partial charge >= 0.3 is 0 Å². The normalized spacial score (nSPS) is 17.9. The summed E-state index contributed by atoms with van der Waals surface area (Å²) >= 11 is 0. The first kappa shape index (κ1) is 12.2. The minimum atomic E-state index is 0.272.